The van der Waals surface area contributed by atoms with Gasteiger partial charge in [-0.15, -0.1) is 0 Å². The molecule has 17 heavy (non-hydrogen) atoms. The number of aromatic nitrogens is 1. The van der Waals surface area contributed by atoms with Gasteiger partial charge >= 0.3 is 0 Å². The second kappa shape index (κ2) is 5.68. The molecule has 0 unspecified atom stereocenters. The molecule has 1 nitrogen and oxygen atoms in total. The zero-order valence-corrected chi connectivity index (χ0v) is 12.1. The minimum atomic E-state index is 0.152. The Morgan fingerprint density at radius 3 is 1.88 bits per heavy atom. The lowest BCUT2D eigenvalue weighted by molar-refractivity contribution is 1.26. The summed E-state index contributed by atoms with van der Waals surface area (Å²) in [5.41, 5.74) is 0. The van der Waals surface area contributed by atoms with Crippen molar-refractivity contribution in [3.8, 4) is 0 Å². The summed E-state index contributed by atoms with van der Waals surface area (Å²) in [6.07, 6.45) is 0. The molecule has 1 aromatic heterocycles. The predicted octanol–water partition coefficient (Wildman–Crippen LogP) is 5.85. The van der Waals surface area contributed by atoms with Crippen LogP contribution in [0.4, 0.5) is 0 Å². The van der Waals surface area contributed by atoms with E-state index in [-0.39, 0.29) is 10.3 Å². The molecule has 0 fully saturated rings. The van der Waals surface area contributed by atoms with E-state index in [1.54, 1.807) is 0 Å². The number of nitrogens with zero attached hydrogens (tertiary/aromatic N) is 1. The van der Waals surface area contributed by atoms with Crippen LogP contribution < -0.4 is 0 Å². The molecule has 0 saturated heterocycles. The number of benzene rings is 1. The molecule has 88 valence electrons. The van der Waals surface area contributed by atoms with Crippen molar-refractivity contribution in [2.75, 3.05) is 0 Å². The molecule has 0 bridgehead atoms. The molecular weight excluding hydrogens is 320 g/mol. The normalized spacial score (nSPS) is 10.6. The van der Waals surface area contributed by atoms with Crippen LogP contribution >= 0.6 is 58.2 Å². The van der Waals surface area contributed by atoms with E-state index in [1.165, 1.54) is 11.8 Å². The fourth-order valence-corrected chi connectivity index (χ4v) is 3.13. The van der Waals surface area contributed by atoms with Crippen molar-refractivity contribution in [3.05, 3.63) is 50.7 Å². The number of halogens is 4. The summed E-state index contributed by atoms with van der Waals surface area (Å²) in [5, 5.41) is 0.934. The van der Waals surface area contributed by atoms with Gasteiger partial charge in [0.15, 0.2) is 10.3 Å². The van der Waals surface area contributed by atoms with Gasteiger partial charge in [-0.1, -0.05) is 76.4 Å². The van der Waals surface area contributed by atoms with Crippen LogP contribution in [0, 0.1) is 0 Å². The number of hydrogen-bond acceptors (Lipinski definition) is 2. The molecule has 0 amide bonds. The third kappa shape index (κ3) is 3.01. The molecule has 1 aromatic carbocycles. The van der Waals surface area contributed by atoms with E-state index in [1.807, 2.05) is 30.3 Å². The standard InChI is InChI=1S/C11H5Cl4NS/c12-7-9(8(13)11(15)16-10(7)14)17-6-4-2-1-3-5-6/h1-5H. The van der Waals surface area contributed by atoms with E-state index in [0.717, 1.165) is 4.90 Å². The van der Waals surface area contributed by atoms with Crippen molar-refractivity contribution in [1.82, 2.24) is 4.98 Å². The first-order valence-corrected chi connectivity index (χ1v) is 6.85. The van der Waals surface area contributed by atoms with Gasteiger partial charge in [0.2, 0.25) is 0 Å². The predicted molar refractivity (Wildman–Crippen MR) is 74.8 cm³/mol. The van der Waals surface area contributed by atoms with Gasteiger partial charge < -0.3 is 0 Å². The summed E-state index contributed by atoms with van der Waals surface area (Å²) in [7, 11) is 0. The highest BCUT2D eigenvalue weighted by molar-refractivity contribution is 7.99. The topological polar surface area (TPSA) is 12.9 Å². The smallest absolute Gasteiger partial charge is 0.150 e. The highest BCUT2D eigenvalue weighted by Gasteiger charge is 2.16. The van der Waals surface area contributed by atoms with E-state index in [4.69, 9.17) is 46.4 Å². The van der Waals surface area contributed by atoms with E-state index in [9.17, 15) is 0 Å². The summed E-state index contributed by atoms with van der Waals surface area (Å²) in [5.74, 6) is 0. The second-order valence-electron chi connectivity index (χ2n) is 3.07. The first-order chi connectivity index (χ1) is 8.09. The van der Waals surface area contributed by atoms with Crippen molar-refractivity contribution in [2.45, 2.75) is 9.79 Å². The Labute approximate surface area is 123 Å². The molecule has 0 aliphatic carbocycles. The molecule has 2 rings (SSSR count). The summed E-state index contributed by atoms with van der Waals surface area (Å²) in [4.78, 5) is 5.44. The van der Waals surface area contributed by atoms with Gasteiger partial charge in [-0.2, -0.15) is 0 Å². The fraction of sp³-hybridized carbons (Fsp3) is 0. The van der Waals surface area contributed by atoms with Crippen molar-refractivity contribution in [3.63, 3.8) is 0 Å². The molecule has 0 atom stereocenters. The maximum absolute atomic E-state index is 6.06. The fourth-order valence-electron chi connectivity index (χ4n) is 1.16. The van der Waals surface area contributed by atoms with Gasteiger partial charge in [0.25, 0.3) is 0 Å². The lowest BCUT2D eigenvalue weighted by Gasteiger charge is -2.08. The van der Waals surface area contributed by atoms with E-state index < -0.39 is 0 Å². The van der Waals surface area contributed by atoms with Crippen LogP contribution in [-0.2, 0) is 0 Å². The lowest BCUT2D eigenvalue weighted by atomic mass is 10.4. The Hall–Kier alpha value is -0.120. The summed E-state index contributed by atoms with van der Waals surface area (Å²) in [6.45, 7) is 0. The maximum Gasteiger partial charge on any atom is 0.150 e. The molecular formula is C11H5Cl4NS. The number of hydrogen-bond donors (Lipinski definition) is 0. The van der Waals surface area contributed by atoms with Gasteiger partial charge in [0.1, 0.15) is 0 Å². The largest absolute Gasteiger partial charge is 0.221 e. The van der Waals surface area contributed by atoms with Crippen LogP contribution in [0.3, 0.4) is 0 Å². The Bertz CT molecular complexity index is 519. The molecule has 0 aliphatic rings. The maximum atomic E-state index is 6.06. The van der Waals surface area contributed by atoms with Gasteiger partial charge in [-0.3, -0.25) is 0 Å². The Balaban J connectivity index is 2.46. The zero-order valence-electron chi connectivity index (χ0n) is 8.25. The molecule has 0 spiro atoms. The van der Waals surface area contributed by atoms with E-state index in [0.29, 0.717) is 14.9 Å². The van der Waals surface area contributed by atoms with Crippen LogP contribution in [0.2, 0.25) is 20.4 Å². The summed E-state index contributed by atoms with van der Waals surface area (Å²) < 4.78 is 0. The van der Waals surface area contributed by atoms with Gasteiger partial charge in [0.05, 0.1) is 14.9 Å². The Morgan fingerprint density at radius 2 is 1.35 bits per heavy atom. The minimum absolute atomic E-state index is 0.152. The zero-order chi connectivity index (χ0) is 12.4. The van der Waals surface area contributed by atoms with E-state index in [2.05, 4.69) is 4.98 Å². The molecule has 6 heteroatoms. The quantitative estimate of drug-likeness (QED) is 0.643. The Morgan fingerprint density at radius 1 is 0.824 bits per heavy atom. The monoisotopic (exact) mass is 323 g/mol. The van der Waals surface area contributed by atoms with Gasteiger partial charge in [-0.05, 0) is 12.1 Å². The van der Waals surface area contributed by atoms with Crippen LogP contribution in [0.15, 0.2) is 40.1 Å². The third-order valence-electron chi connectivity index (χ3n) is 1.92. The highest BCUT2D eigenvalue weighted by atomic mass is 35.5. The van der Waals surface area contributed by atoms with Crippen LogP contribution in [0.25, 0.3) is 0 Å². The molecule has 0 N–H and O–H groups in total. The average molecular weight is 325 g/mol. The number of pyridine rings is 1. The molecule has 2 aromatic rings. The van der Waals surface area contributed by atoms with Crippen LogP contribution in [0.5, 0.6) is 0 Å². The van der Waals surface area contributed by atoms with Crippen molar-refractivity contribution in [1.29, 1.82) is 0 Å². The summed E-state index contributed by atoms with van der Waals surface area (Å²) in [6, 6.07) is 9.67. The second-order valence-corrected chi connectivity index (χ2v) is 5.62. The highest BCUT2D eigenvalue weighted by Crippen LogP contribution is 2.43. The third-order valence-corrected chi connectivity index (χ3v) is 4.74. The lowest BCUT2D eigenvalue weighted by Crippen LogP contribution is -1.86. The summed E-state index contributed by atoms with van der Waals surface area (Å²) >= 11 is 25.2. The van der Waals surface area contributed by atoms with Gasteiger partial charge in [-0.25, -0.2) is 4.98 Å². The molecule has 1 heterocycles. The number of rotatable bonds is 2. The molecule has 0 radical (unpaired) electrons. The van der Waals surface area contributed by atoms with Crippen LogP contribution in [-0.4, -0.2) is 4.98 Å². The van der Waals surface area contributed by atoms with Gasteiger partial charge in [0, 0.05) is 4.90 Å². The first-order valence-electron chi connectivity index (χ1n) is 4.52. The molecule has 0 aliphatic heterocycles. The van der Waals surface area contributed by atoms with Crippen molar-refractivity contribution in [2.24, 2.45) is 0 Å². The van der Waals surface area contributed by atoms with Crippen molar-refractivity contribution >= 4 is 58.2 Å². The minimum Gasteiger partial charge on any atom is -0.221 e. The average Bonchev–Trinajstić information content (AvgIpc) is 2.33. The van der Waals surface area contributed by atoms with Crippen LogP contribution in [0.1, 0.15) is 0 Å². The van der Waals surface area contributed by atoms with E-state index >= 15 is 0 Å². The first kappa shape index (κ1) is 13.3. The Kier molecular flexibility index (Phi) is 4.45. The van der Waals surface area contributed by atoms with Crippen molar-refractivity contribution < 1.29 is 0 Å². The molecule has 0 saturated carbocycles. The SMILES string of the molecule is Clc1nc(Cl)c(Cl)c(Sc2ccccc2)c1Cl.